The maximum Gasteiger partial charge on any atom is 0.272 e. The first-order chi connectivity index (χ1) is 12.1. The van der Waals surface area contributed by atoms with E-state index in [1.165, 1.54) is 30.3 Å². The molecule has 2 aromatic rings. The molecular formula is C20H23FN2O3. The number of amides is 2. The fourth-order valence-electron chi connectivity index (χ4n) is 2.52. The SMILES string of the molecule is COc1cccc(C(=O)NN(C(=O)c2cccc(F)c2)C(C)(C)C)c1C. The Bertz CT molecular complexity index is 828. The van der Waals surface area contributed by atoms with E-state index in [9.17, 15) is 14.0 Å². The number of rotatable bonds is 3. The number of hydrogen-bond donors (Lipinski definition) is 1. The Morgan fingerprint density at radius 1 is 1.12 bits per heavy atom. The molecule has 0 unspecified atom stereocenters. The van der Waals surface area contributed by atoms with Gasteiger partial charge in [-0.3, -0.25) is 15.0 Å². The van der Waals surface area contributed by atoms with Gasteiger partial charge in [-0.05, 0) is 58.0 Å². The summed E-state index contributed by atoms with van der Waals surface area (Å²) >= 11 is 0. The van der Waals surface area contributed by atoms with Gasteiger partial charge >= 0.3 is 0 Å². The number of hydrogen-bond acceptors (Lipinski definition) is 3. The second-order valence-corrected chi connectivity index (χ2v) is 6.90. The number of halogens is 1. The highest BCUT2D eigenvalue weighted by Crippen LogP contribution is 2.22. The number of nitrogens with one attached hydrogen (secondary N) is 1. The minimum atomic E-state index is -0.716. The summed E-state index contributed by atoms with van der Waals surface area (Å²) in [6.45, 7) is 7.11. The van der Waals surface area contributed by atoms with Crippen LogP contribution in [0.25, 0.3) is 0 Å². The summed E-state index contributed by atoms with van der Waals surface area (Å²) in [5, 5.41) is 1.21. The lowest BCUT2D eigenvalue weighted by atomic mass is 10.1. The van der Waals surface area contributed by atoms with Crippen LogP contribution in [-0.2, 0) is 0 Å². The van der Waals surface area contributed by atoms with Gasteiger partial charge < -0.3 is 4.74 Å². The molecule has 1 N–H and O–H groups in total. The molecule has 5 nitrogen and oxygen atoms in total. The van der Waals surface area contributed by atoms with E-state index in [0.29, 0.717) is 16.9 Å². The van der Waals surface area contributed by atoms with Crippen LogP contribution in [0.15, 0.2) is 42.5 Å². The fraction of sp³-hybridized carbons (Fsp3) is 0.300. The molecule has 0 saturated heterocycles. The van der Waals surface area contributed by atoms with Crippen LogP contribution >= 0.6 is 0 Å². The standard InChI is InChI=1S/C20H23FN2O3/c1-13-16(10-7-11-17(13)26-5)18(24)22-23(20(2,3)4)19(25)14-8-6-9-15(21)12-14/h6-12H,1-5H3,(H,22,24). The first-order valence-electron chi connectivity index (χ1n) is 8.20. The second-order valence-electron chi connectivity index (χ2n) is 6.90. The zero-order valence-corrected chi connectivity index (χ0v) is 15.6. The van der Waals surface area contributed by atoms with Gasteiger partial charge in [0.1, 0.15) is 11.6 Å². The minimum Gasteiger partial charge on any atom is -0.496 e. The van der Waals surface area contributed by atoms with Crippen LogP contribution in [0.5, 0.6) is 5.75 Å². The van der Waals surface area contributed by atoms with Crippen molar-refractivity contribution < 1.29 is 18.7 Å². The maximum absolute atomic E-state index is 13.5. The number of methoxy groups -OCH3 is 1. The number of hydrazine groups is 1. The molecular weight excluding hydrogens is 335 g/mol. The van der Waals surface area contributed by atoms with Crippen LogP contribution < -0.4 is 10.2 Å². The van der Waals surface area contributed by atoms with Crippen molar-refractivity contribution in [1.29, 1.82) is 0 Å². The molecule has 0 heterocycles. The van der Waals surface area contributed by atoms with Crippen LogP contribution in [0.1, 0.15) is 47.1 Å². The van der Waals surface area contributed by atoms with E-state index in [2.05, 4.69) is 5.43 Å². The summed E-state index contributed by atoms with van der Waals surface area (Å²) in [6, 6.07) is 10.5. The van der Waals surface area contributed by atoms with Crippen molar-refractivity contribution in [2.24, 2.45) is 0 Å². The van der Waals surface area contributed by atoms with Gasteiger partial charge in [0.05, 0.1) is 12.6 Å². The topological polar surface area (TPSA) is 58.6 Å². The van der Waals surface area contributed by atoms with Crippen LogP contribution in [-0.4, -0.2) is 29.5 Å². The Morgan fingerprint density at radius 3 is 2.35 bits per heavy atom. The second kappa shape index (κ2) is 7.56. The normalized spacial score (nSPS) is 11.0. The van der Waals surface area contributed by atoms with Gasteiger partial charge in [0.2, 0.25) is 0 Å². The molecule has 138 valence electrons. The van der Waals surface area contributed by atoms with Gasteiger partial charge in [-0.25, -0.2) is 9.40 Å². The van der Waals surface area contributed by atoms with Gasteiger partial charge in [0.15, 0.2) is 0 Å². The molecule has 26 heavy (non-hydrogen) atoms. The van der Waals surface area contributed by atoms with Crippen molar-refractivity contribution in [3.05, 3.63) is 65.0 Å². The Hall–Kier alpha value is -2.89. The van der Waals surface area contributed by atoms with Crippen molar-refractivity contribution in [3.63, 3.8) is 0 Å². The Kier molecular flexibility index (Phi) is 5.65. The van der Waals surface area contributed by atoms with Crippen LogP contribution in [0.2, 0.25) is 0 Å². The van der Waals surface area contributed by atoms with Gasteiger partial charge in [-0.1, -0.05) is 12.1 Å². The van der Waals surface area contributed by atoms with Crippen LogP contribution in [0.4, 0.5) is 4.39 Å². The smallest absolute Gasteiger partial charge is 0.272 e. The fourth-order valence-corrected chi connectivity index (χ4v) is 2.52. The molecule has 0 saturated carbocycles. The molecule has 6 heteroatoms. The molecule has 0 aliphatic carbocycles. The zero-order chi connectivity index (χ0) is 19.5. The quantitative estimate of drug-likeness (QED) is 0.851. The zero-order valence-electron chi connectivity index (χ0n) is 15.6. The summed E-state index contributed by atoms with van der Waals surface area (Å²) in [7, 11) is 1.53. The van der Waals surface area contributed by atoms with Gasteiger partial charge in [-0.2, -0.15) is 0 Å². The highest BCUT2D eigenvalue weighted by molar-refractivity contribution is 6.00. The largest absolute Gasteiger partial charge is 0.496 e. The molecule has 0 spiro atoms. The van der Waals surface area contributed by atoms with Crippen molar-refractivity contribution >= 4 is 11.8 Å². The van der Waals surface area contributed by atoms with E-state index in [-0.39, 0.29) is 5.56 Å². The Labute approximate surface area is 152 Å². The average molecular weight is 358 g/mol. The molecule has 0 aromatic heterocycles. The Balaban J connectivity index is 2.35. The third-order valence-corrected chi connectivity index (χ3v) is 3.91. The maximum atomic E-state index is 13.5. The van der Waals surface area contributed by atoms with Crippen molar-refractivity contribution in [2.75, 3.05) is 7.11 Å². The molecule has 2 rings (SSSR count). The highest BCUT2D eigenvalue weighted by Gasteiger charge is 2.30. The van der Waals surface area contributed by atoms with E-state index in [1.54, 1.807) is 45.9 Å². The molecule has 0 atom stereocenters. The average Bonchev–Trinajstić information content (AvgIpc) is 2.58. The summed E-state index contributed by atoms with van der Waals surface area (Å²) in [5.74, 6) is -0.872. The van der Waals surface area contributed by atoms with Crippen LogP contribution in [0.3, 0.4) is 0 Å². The van der Waals surface area contributed by atoms with Gasteiger partial charge in [0.25, 0.3) is 11.8 Å². The van der Waals surface area contributed by atoms with E-state index < -0.39 is 23.2 Å². The lowest BCUT2D eigenvalue weighted by Crippen LogP contribution is -2.56. The lowest BCUT2D eigenvalue weighted by molar-refractivity contribution is 0.0358. The highest BCUT2D eigenvalue weighted by atomic mass is 19.1. The first kappa shape index (κ1) is 19.4. The number of nitrogens with zero attached hydrogens (tertiary/aromatic N) is 1. The third-order valence-electron chi connectivity index (χ3n) is 3.91. The van der Waals surface area contributed by atoms with Gasteiger partial charge in [-0.15, -0.1) is 0 Å². The summed E-state index contributed by atoms with van der Waals surface area (Å²) in [5.41, 5.74) is 3.15. The van der Waals surface area contributed by atoms with E-state index in [0.717, 1.165) is 6.07 Å². The molecule has 0 aliphatic heterocycles. The number of ether oxygens (including phenoxy) is 1. The van der Waals surface area contributed by atoms with E-state index in [1.807, 2.05) is 0 Å². The number of benzene rings is 2. The predicted molar refractivity (Wildman–Crippen MR) is 97.5 cm³/mol. The molecule has 0 radical (unpaired) electrons. The molecule has 0 fully saturated rings. The van der Waals surface area contributed by atoms with E-state index in [4.69, 9.17) is 4.74 Å². The minimum absolute atomic E-state index is 0.155. The van der Waals surface area contributed by atoms with Crippen molar-refractivity contribution in [1.82, 2.24) is 10.4 Å². The number of carbonyl (C=O) groups is 2. The lowest BCUT2D eigenvalue weighted by Gasteiger charge is -2.35. The summed E-state index contributed by atoms with van der Waals surface area (Å²) in [4.78, 5) is 25.6. The predicted octanol–water partition coefficient (Wildman–Crippen LogP) is 3.73. The summed E-state index contributed by atoms with van der Waals surface area (Å²) < 4.78 is 18.7. The van der Waals surface area contributed by atoms with E-state index >= 15 is 0 Å². The number of carbonyl (C=O) groups excluding carboxylic acids is 2. The Morgan fingerprint density at radius 2 is 1.77 bits per heavy atom. The monoisotopic (exact) mass is 358 g/mol. The van der Waals surface area contributed by atoms with Crippen molar-refractivity contribution in [2.45, 2.75) is 33.2 Å². The summed E-state index contributed by atoms with van der Waals surface area (Å²) in [6.07, 6.45) is 0. The molecule has 2 amide bonds. The molecule has 0 bridgehead atoms. The van der Waals surface area contributed by atoms with Gasteiger partial charge in [0, 0.05) is 16.7 Å². The third kappa shape index (κ3) is 4.20. The first-order valence-corrected chi connectivity index (χ1v) is 8.20. The van der Waals surface area contributed by atoms with Crippen molar-refractivity contribution in [3.8, 4) is 5.75 Å². The van der Waals surface area contributed by atoms with Crippen LogP contribution in [0, 0.1) is 12.7 Å². The molecule has 0 aliphatic rings. The molecule has 2 aromatic carbocycles.